The first-order valence-corrected chi connectivity index (χ1v) is 9.44. The smallest absolute Gasteiger partial charge is 0.319 e. The number of carbonyl (C=O) groups is 2. The highest BCUT2D eigenvalue weighted by Gasteiger charge is 2.15. The molecule has 3 aromatic rings. The Morgan fingerprint density at radius 3 is 2.44 bits per heavy atom. The Morgan fingerprint density at radius 1 is 1.07 bits per heavy atom. The third-order valence-corrected chi connectivity index (χ3v) is 4.78. The Kier molecular flexibility index (Phi) is 5.81. The number of fused-ring (bicyclic) bond motifs is 1. The number of H-pyrrole nitrogens is 1. The molecule has 27 heavy (non-hydrogen) atoms. The molecule has 0 spiro atoms. The lowest BCUT2D eigenvalue weighted by Gasteiger charge is -2.10. The van der Waals surface area contributed by atoms with Gasteiger partial charge in [0.25, 0.3) is 5.91 Å². The van der Waals surface area contributed by atoms with Crippen LogP contribution < -0.4 is 16.0 Å². The van der Waals surface area contributed by atoms with Crippen molar-refractivity contribution in [1.82, 2.24) is 15.6 Å². The van der Waals surface area contributed by atoms with Gasteiger partial charge < -0.3 is 20.9 Å². The van der Waals surface area contributed by atoms with Gasteiger partial charge in [-0.2, -0.15) is 0 Å². The lowest BCUT2D eigenvalue weighted by molar-refractivity contribution is 0.0946. The molecule has 0 unspecified atom stereocenters. The van der Waals surface area contributed by atoms with Crippen molar-refractivity contribution >= 4 is 44.5 Å². The highest BCUT2D eigenvalue weighted by molar-refractivity contribution is 9.10. The summed E-state index contributed by atoms with van der Waals surface area (Å²) < 4.78 is 0.756. The number of anilines is 1. The number of rotatable bonds is 5. The van der Waals surface area contributed by atoms with Crippen LogP contribution in [0.25, 0.3) is 10.9 Å². The minimum Gasteiger partial charge on any atom is -0.350 e. The minimum atomic E-state index is -0.241. The highest BCUT2D eigenvalue weighted by atomic mass is 79.9. The Morgan fingerprint density at radius 2 is 1.78 bits per heavy atom. The zero-order valence-corrected chi connectivity index (χ0v) is 16.7. The molecule has 0 radical (unpaired) electrons. The van der Waals surface area contributed by atoms with Crippen molar-refractivity contribution in [1.29, 1.82) is 0 Å². The van der Waals surface area contributed by atoms with E-state index >= 15 is 0 Å². The number of urea groups is 1. The summed E-state index contributed by atoms with van der Waals surface area (Å²) in [5.74, 6) is -0.184. The lowest BCUT2D eigenvalue weighted by atomic mass is 10.2. The van der Waals surface area contributed by atoms with E-state index in [4.69, 9.17) is 0 Å². The number of aromatic nitrogens is 1. The lowest BCUT2D eigenvalue weighted by Crippen LogP contribution is -2.34. The van der Waals surface area contributed by atoms with Crippen molar-refractivity contribution in [3.8, 4) is 0 Å². The van der Waals surface area contributed by atoms with Crippen molar-refractivity contribution < 1.29 is 9.59 Å². The predicted molar refractivity (Wildman–Crippen MR) is 111 cm³/mol. The molecular formula is C20H21BrN4O2. The van der Waals surface area contributed by atoms with E-state index in [-0.39, 0.29) is 18.0 Å². The maximum Gasteiger partial charge on any atom is 0.319 e. The van der Waals surface area contributed by atoms with Crippen LogP contribution in [0.3, 0.4) is 0 Å². The van der Waals surface area contributed by atoms with Crippen LogP contribution in [0, 0.1) is 0 Å². The van der Waals surface area contributed by atoms with Crippen molar-refractivity contribution in [3.63, 3.8) is 0 Å². The summed E-state index contributed by atoms with van der Waals surface area (Å²) in [7, 11) is 0. The molecule has 7 heteroatoms. The van der Waals surface area contributed by atoms with E-state index in [9.17, 15) is 9.59 Å². The first-order chi connectivity index (χ1) is 12.9. The summed E-state index contributed by atoms with van der Waals surface area (Å²) in [5.41, 5.74) is 3.04. The highest BCUT2D eigenvalue weighted by Crippen LogP contribution is 2.27. The fraction of sp³-hybridized carbons (Fsp3) is 0.200. The Balaban J connectivity index is 1.60. The molecule has 2 aromatic carbocycles. The van der Waals surface area contributed by atoms with Crippen LogP contribution in [-0.2, 0) is 6.54 Å². The summed E-state index contributed by atoms with van der Waals surface area (Å²) in [6.07, 6.45) is 0. The number of aromatic amines is 1. The van der Waals surface area contributed by atoms with Crippen molar-refractivity contribution in [2.45, 2.75) is 26.4 Å². The number of benzene rings is 2. The molecule has 3 amide bonds. The summed E-state index contributed by atoms with van der Waals surface area (Å²) in [4.78, 5) is 27.3. The third kappa shape index (κ3) is 4.68. The molecule has 0 saturated heterocycles. The van der Waals surface area contributed by atoms with Crippen molar-refractivity contribution in [3.05, 3.63) is 64.3 Å². The molecule has 1 heterocycles. The summed E-state index contributed by atoms with van der Waals surface area (Å²) >= 11 is 3.49. The molecule has 0 saturated carbocycles. The number of hydrogen-bond acceptors (Lipinski definition) is 2. The maximum atomic E-state index is 12.5. The molecule has 140 valence electrons. The van der Waals surface area contributed by atoms with Gasteiger partial charge in [0.05, 0.1) is 4.47 Å². The fourth-order valence-electron chi connectivity index (χ4n) is 2.67. The molecule has 0 aliphatic rings. The van der Waals surface area contributed by atoms with Crippen LogP contribution in [0.5, 0.6) is 0 Å². The van der Waals surface area contributed by atoms with Gasteiger partial charge in [-0.05, 0) is 53.5 Å². The molecule has 1 aromatic heterocycles. The molecule has 0 aliphatic heterocycles. The second-order valence-electron chi connectivity index (χ2n) is 6.49. The van der Waals surface area contributed by atoms with Crippen LogP contribution >= 0.6 is 15.9 Å². The van der Waals surface area contributed by atoms with Crippen molar-refractivity contribution in [2.24, 2.45) is 0 Å². The van der Waals surface area contributed by atoms with Gasteiger partial charge in [-0.3, -0.25) is 4.79 Å². The summed E-state index contributed by atoms with van der Waals surface area (Å²) in [5, 5.41) is 9.40. The van der Waals surface area contributed by atoms with E-state index in [1.165, 1.54) is 0 Å². The molecular weight excluding hydrogens is 408 g/mol. The molecule has 0 bridgehead atoms. The Hall–Kier alpha value is -2.80. The molecule has 0 fully saturated rings. The predicted octanol–water partition coefficient (Wildman–Crippen LogP) is 4.39. The number of para-hydroxylation sites is 1. The Labute approximate surface area is 165 Å². The summed E-state index contributed by atoms with van der Waals surface area (Å²) in [6.45, 7) is 4.19. The molecule has 0 atom stereocenters. The quantitative estimate of drug-likeness (QED) is 0.485. The Bertz CT molecular complexity index is 964. The number of halogens is 1. The van der Waals surface area contributed by atoms with E-state index in [1.807, 2.05) is 50.2 Å². The largest absolute Gasteiger partial charge is 0.350 e. The zero-order chi connectivity index (χ0) is 19.4. The van der Waals surface area contributed by atoms with Gasteiger partial charge in [-0.1, -0.05) is 30.3 Å². The number of carbonyl (C=O) groups excluding carboxylic acids is 2. The monoisotopic (exact) mass is 428 g/mol. The number of amides is 3. The van der Waals surface area contributed by atoms with Gasteiger partial charge in [0, 0.05) is 29.2 Å². The van der Waals surface area contributed by atoms with Crippen LogP contribution in [-0.4, -0.2) is 23.0 Å². The van der Waals surface area contributed by atoms with E-state index in [0.29, 0.717) is 17.9 Å². The second-order valence-corrected chi connectivity index (χ2v) is 7.29. The van der Waals surface area contributed by atoms with Gasteiger partial charge in [0.15, 0.2) is 0 Å². The maximum absolute atomic E-state index is 12.5. The number of nitrogens with one attached hydrogen (secondary N) is 4. The molecule has 6 nitrogen and oxygen atoms in total. The molecule has 3 rings (SSSR count). The van der Waals surface area contributed by atoms with E-state index in [2.05, 4.69) is 36.9 Å². The van der Waals surface area contributed by atoms with Gasteiger partial charge in [0.1, 0.15) is 5.69 Å². The van der Waals surface area contributed by atoms with Gasteiger partial charge in [0.2, 0.25) is 0 Å². The van der Waals surface area contributed by atoms with Crippen LogP contribution in [0.15, 0.2) is 53.0 Å². The summed E-state index contributed by atoms with van der Waals surface area (Å²) in [6, 6.07) is 14.9. The average molecular weight is 429 g/mol. The van der Waals surface area contributed by atoms with Crippen LogP contribution in [0.1, 0.15) is 29.9 Å². The van der Waals surface area contributed by atoms with Crippen molar-refractivity contribution in [2.75, 3.05) is 5.32 Å². The van der Waals surface area contributed by atoms with Gasteiger partial charge in [-0.15, -0.1) is 0 Å². The fourth-order valence-corrected chi connectivity index (χ4v) is 3.30. The molecule has 4 N–H and O–H groups in total. The average Bonchev–Trinajstić information content (AvgIpc) is 2.97. The van der Waals surface area contributed by atoms with Gasteiger partial charge >= 0.3 is 6.03 Å². The minimum absolute atomic E-state index is 0.0726. The molecule has 0 aliphatic carbocycles. The van der Waals surface area contributed by atoms with E-state index in [0.717, 1.165) is 20.9 Å². The SMILES string of the molecule is CC(C)NC(=O)Nc1ccc(CNC(=O)c2[nH]c3ccccc3c2Br)cc1. The van der Waals surface area contributed by atoms with Crippen LogP contribution in [0.4, 0.5) is 10.5 Å². The first kappa shape index (κ1) is 19.0. The van der Waals surface area contributed by atoms with Gasteiger partial charge in [-0.25, -0.2) is 4.79 Å². The van der Waals surface area contributed by atoms with E-state index < -0.39 is 0 Å². The van der Waals surface area contributed by atoms with E-state index in [1.54, 1.807) is 12.1 Å². The first-order valence-electron chi connectivity index (χ1n) is 8.65. The normalized spacial score (nSPS) is 10.8. The zero-order valence-electron chi connectivity index (χ0n) is 15.1. The topological polar surface area (TPSA) is 86.0 Å². The second kappa shape index (κ2) is 8.26. The standard InChI is InChI=1S/C20H21BrN4O2/c1-12(2)23-20(27)24-14-9-7-13(8-10-14)11-22-19(26)18-17(21)15-5-3-4-6-16(15)25-18/h3-10,12,25H,11H2,1-2H3,(H,22,26)(H2,23,24,27). The number of hydrogen-bond donors (Lipinski definition) is 4. The van der Waals surface area contributed by atoms with Crippen LogP contribution in [0.2, 0.25) is 0 Å². The third-order valence-electron chi connectivity index (χ3n) is 3.95.